The summed E-state index contributed by atoms with van der Waals surface area (Å²) in [5.41, 5.74) is 1.31. The SMILES string of the molecule is COCC(CCO)NC(C)CCc1ccc(OC)cc1. The van der Waals surface area contributed by atoms with Gasteiger partial charge in [0.1, 0.15) is 5.75 Å². The zero-order valence-electron chi connectivity index (χ0n) is 12.8. The van der Waals surface area contributed by atoms with Crippen LogP contribution in [-0.2, 0) is 11.2 Å². The predicted molar refractivity (Wildman–Crippen MR) is 81.3 cm³/mol. The van der Waals surface area contributed by atoms with E-state index in [1.165, 1.54) is 5.56 Å². The van der Waals surface area contributed by atoms with E-state index in [2.05, 4.69) is 24.4 Å². The summed E-state index contributed by atoms with van der Waals surface area (Å²) in [6.07, 6.45) is 2.80. The monoisotopic (exact) mass is 281 g/mol. The van der Waals surface area contributed by atoms with E-state index in [0.717, 1.165) is 25.0 Å². The zero-order chi connectivity index (χ0) is 14.8. The van der Waals surface area contributed by atoms with Crippen LogP contribution in [-0.4, -0.2) is 44.6 Å². The minimum Gasteiger partial charge on any atom is -0.497 e. The Labute approximate surface area is 122 Å². The maximum atomic E-state index is 9.03. The molecule has 0 aliphatic heterocycles. The first-order valence-electron chi connectivity index (χ1n) is 7.18. The molecule has 4 heteroatoms. The molecule has 1 aromatic carbocycles. The summed E-state index contributed by atoms with van der Waals surface area (Å²) in [7, 11) is 3.37. The van der Waals surface area contributed by atoms with Crippen molar-refractivity contribution in [2.75, 3.05) is 27.4 Å². The van der Waals surface area contributed by atoms with Gasteiger partial charge in [0.25, 0.3) is 0 Å². The van der Waals surface area contributed by atoms with E-state index in [-0.39, 0.29) is 12.6 Å². The van der Waals surface area contributed by atoms with Crippen LogP contribution in [0.5, 0.6) is 5.75 Å². The smallest absolute Gasteiger partial charge is 0.118 e. The van der Waals surface area contributed by atoms with Crippen molar-refractivity contribution >= 4 is 0 Å². The van der Waals surface area contributed by atoms with E-state index in [4.69, 9.17) is 14.6 Å². The first kappa shape index (κ1) is 17.0. The molecule has 0 radical (unpaired) electrons. The van der Waals surface area contributed by atoms with E-state index in [1.807, 2.05) is 12.1 Å². The van der Waals surface area contributed by atoms with Gasteiger partial charge in [-0.1, -0.05) is 12.1 Å². The van der Waals surface area contributed by atoms with Crippen LogP contribution in [0.2, 0.25) is 0 Å². The van der Waals surface area contributed by atoms with Gasteiger partial charge >= 0.3 is 0 Å². The number of ether oxygens (including phenoxy) is 2. The summed E-state index contributed by atoms with van der Waals surface area (Å²) >= 11 is 0. The van der Waals surface area contributed by atoms with Crippen molar-refractivity contribution < 1.29 is 14.6 Å². The highest BCUT2D eigenvalue weighted by atomic mass is 16.5. The lowest BCUT2D eigenvalue weighted by Crippen LogP contribution is -2.40. The van der Waals surface area contributed by atoms with Gasteiger partial charge in [0, 0.05) is 25.8 Å². The standard InChI is InChI=1S/C16H27NO3/c1-13(17-15(10-11-18)12-19-2)4-5-14-6-8-16(20-3)9-7-14/h6-9,13,15,17-18H,4-5,10-12H2,1-3H3. The molecule has 0 bridgehead atoms. The predicted octanol–water partition coefficient (Wildman–Crippen LogP) is 2.00. The number of aliphatic hydroxyl groups is 1. The van der Waals surface area contributed by atoms with Crippen LogP contribution >= 0.6 is 0 Å². The maximum absolute atomic E-state index is 9.03. The summed E-state index contributed by atoms with van der Waals surface area (Å²) in [5.74, 6) is 0.892. The van der Waals surface area contributed by atoms with Gasteiger partial charge in [0.2, 0.25) is 0 Å². The molecular weight excluding hydrogens is 254 g/mol. The Kier molecular flexibility index (Phi) is 8.26. The van der Waals surface area contributed by atoms with E-state index < -0.39 is 0 Å². The van der Waals surface area contributed by atoms with E-state index >= 15 is 0 Å². The highest BCUT2D eigenvalue weighted by Gasteiger charge is 2.11. The molecule has 20 heavy (non-hydrogen) atoms. The Balaban J connectivity index is 2.35. The van der Waals surface area contributed by atoms with E-state index in [9.17, 15) is 0 Å². The van der Waals surface area contributed by atoms with Gasteiger partial charge in [0.15, 0.2) is 0 Å². The third-order valence-corrected chi connectivity index (χ3v) is 3.39. The van der Waals surface area contributed by atoms with Gasteiger partial charge in [-0.25, -0.2) is 0 Å². The highest BCUT2D eigenvalue weighted by molar-refractivity contribution is 5.27. The van der Waals surface area contributed by atoms with Crippen molar-refractivity contribution in [3.8, 4) is 5.75 Å². The number of aliphatic hydroxyl groups excluding tert-OH is 1. The van der Waals surface area contributed by atoms with Gasteiger partial charge in [-0.2, -0.15) is 0 Å². The molecule has 0 aromatic heterocycles. The van der Waals surface area contributed by atoms with Gasteiger partial charge < -0.3 is 19.9 Å². The van der Waals surface area contributed by atoms with Crippen molar-refractivity contribution in [3.05, 3.63) is 29.8 Å². The summed E-state index contributed by atoms with van der Waals surface area (Å²) in [6, 6.07) is 8.80. The molecule has 2 N–H and O–H groups in total. The summed E-state index contributed by atoms with van der Waals surface area (Å²) in [6.45, 7) is 2.99. The molecule has 2 unspecified atom stereocenters. The lowest BCUT2D eigenvalue weighted by atomic mass is 10.0. The molecule has 0 fully saturated rings. The molecule has 0 saturated heterocycles. The third-order valence-electron chi connectivity index (χ3n) is 3.39. The summed E-state index contributed by atoms with van der Waals surface area (Å²) in [5, 5.41) is 12.5. The van der Waals surface area contributed by atoms with Crippen molar-refractivity contribution in [1.82, 2.24) is 5.32 Å². The number of benzene rings is 1. The second-order valence-corrected chi connectivity index (χ2v) is 5.12. The molecule has 0 amide bonds. The largest absolute Gasteiger partial charge is 0.497 e. The molecule has 4 nitrogen and oxygen atoms in total. The Morgan fingerprint density at radius 3 is 2.40 bits per heavy atom. The number of hydrogen-bond donors (Lipinski definition) is 2. The molecule has 0 spiro atoms. The molecule has 0 aliphatic rings. The quantitative estimate of drug-likeness (QED) is 0.689. The molecule has 0 heterocycles. The zero-order valence-corrected chi connectivity index (χ0v) is 12.8. The lowest BCUT2D eigenvalue weighted by Gasteiger charge is -2.22. The van der Waals surface area contributed by atoms with E-state index in [1.54, 1.807) is 14.2 Å². The Morgan fingerprint density at radius 1 is 1.15 bits per heavy atom. The Bertz CT molecular complexity index is 347. The highest BCUT2D eigenvalue weighted by Crippen LogP contribution is 2.13. The van der Waals surface area contributed by atoms with Crippen LogP contribution in [0.1, 0.15) is 25.3 Å². The van der Waals surface area contributed by atoms with Crippen LogP contribution in [0.3, 0.4) is 0 Å². The number of nitrogens with one attached hydrogen (secondary N) is 1. The van der Waals surface area contributed by atoms with Gasteiger partial charge in [-0.05, 0) is 43.9 Å². The Morgan fingerprint density at radius 2 is 1.85 bits per heavy atom. The molecule has 2 atom stereocenters. The fraction of sp³-hybridized carbons (Fsp3) is 0.625. The number of aryl methyl sites for hydroxylation is 1. The van der Waals surface area contributed by atoms with Crippen LogP contribution in [0.25, 0.3) is 0 Å². The third kappa shape index (κ3) is 6.37. The van der Waals surface area contributed by atoms with E-state index in [0.29, 0.717) is 12.6 Å². The topological polar surface area (TPSA) is 50.7 Å². The van der Waals surface area contributed by atoms with Crippen molar-refractivity contribution in [2.45, 2.75) is 38.3 Å². The van der Waals surface area contributed by atoms with Gasteiger partial charge in [-0.15, -0.1) is 0 Å². The molecule has 114 valence electrons. The van der Waals surface area contributed by atoms with Gasteiger partial charge in [0.05, 0.1) is 13.7 Å². The fourth-order valence-corrected chi connectivity index (χ4v) is 2.23. The average Bonchev–Trinajstić information content (AvgIpc) is 2.46. The normalized spacial score (nSPS) is 14.0. The minimum absolute atomic E-state index is 0.187. The minimum atomic E-state index is 0.187. The van der Waals surface area contributed by atoms with Crippen LogP contribution in [0.4, 0.5) is 0 Å². The van der Waals surface area contributed by atoms with Crippen LogP contribution in [0.15, 0.2) is 24.3 Å². The molecule has 1 aromatic rings. The molecule has 1 rings (SSSR count). The maximum Gasteiger partial charge on any atom is 0.118 e. The summed E-state index contributed by atoms with van der Waals surface area (Å²) in [4.78, 5) is 0. The second kappa shape index (κ2) is 9.75. The molecule has 0 saturated carbocycles. The van der Waals surface area contributed by atoms with Gasteiger partial charge in [-0.3, -0.25) is 0 Å². The summed E-state index contributed by atoms with van der Waals surface area (Å²) < 4.78 is 10.3. The van der Waals surface area contributed by atoms with Crippen LogP contribution in [0, 0.1) is 0 Å². The lowest BCUT2D eigenvalue weighted by molar-refractivity contribution is 0.143. The fourth-order valence-electron chi connectivity index (χ4n) is 2.23. The average molecular weight is 281 g/mol. The van der Waals surface area contributed by atoms with Crippen LogP contribution < -0.4 is 10.1 Å². The van der Waals surface area contributed by atoms with Crippen molar-refractivity contribution in [2.24, 2.45) is 0 Å². The number of hydrogen-bond acceptors (Lipinski definition) is 4. The molecular formula is C16H27NO3. The Hall–Kier alpha value is -1.10. The first-order chi connectivity index (χ1) is 9.69. The molecule has 0 aliphatic carbocycles. The van der Waals surface area contributed by atoms with Crippen molar-refractivity contribution in [3.63, 3.8) is 0 Å². The first-order valence-corrected chi connectivity index (χ1v) is 7.18. The van der Waals surface area contributed by atoms with Crippen molar-refractivity contribution in [1.29, 1.82) is 0 Å². The number of methoxy groups -OCH3 is 2. The second-order valence-electron chi connectivity index (χ2n) is 5.12. The number of rotatable bonds is 10.